The monoisotopic (exact) mass is 584 g/mol. The summed E-state index contributed by atoms with van der Waals surface area (Å²) in [6.45, 7) is 32.9. The van der Waals surface area contributed by atoms with Crippen molar-refractivity contribution in [1.29, 1.82) is 0 Å². The average Bonchev–Trinajstić information content (AvgIpc) is 3.24. The molecule has 5 atom stereocenters. The summed E-state index contributed by atoms with van der Waals surface area (Å²) < 4.78 is 0. The molecule has 2 aliphatic rings. The maximum absolute atomic E-state index is 14.6. The number of hydrogen-bond donors (Lipinski definition) is 0. The second-order valence-corrected chi connectivity index (χ2v) is 15.7. The predicted molar refractivity (Wildman–Crippen MR) is 184 cm³/mol. The van der Waals surface area contributed by atoms with E-state index in [9.17, 15) is 9.59 Å². The van der Waals surface area contributed by atoms with Gasteiger partial charge in [-0.2, -0.15) is 0 Å². The summed E-state index contributed by atoms with van der Waals surface area (Å²) in [5.41, 5.74) is 6.03. The van der Waals surface area contributed by atoms with Crippen molar-refractivity contribution < 1.29 is 9.59 Å². The third-order valence-electron chi connectivity index (χ3n) is 10.5. The van der Waals surface area contributed by atoms with Crippen LogP contribution in [-0.4, -0.2) is 11.6 Å². The van der Waals surface area contributed by atoms with E-state index in [0.717, 1.165) is 50.5 Å². The zero-order valence-corrected chi connectivity index (χ0v) is 28.6. The van der Waals surface area contributed by atoms with Gasteiger partial charge in [0.2, 0.25) is 0 Å². The molecule has 1 saturated carbocycles. The SMILES string of the molecule is C=CCC(CC(=C)C(CC(=O)[C@@H](CC(=C)CC(C)(C)C)C1Cc2ccccc2C1)C1C(CC)C1(C)C)C(=O)C(=C)CCC. The molecular weight excluding hydrogens is 524 g/mol. The molecule has 4 unspecified atom stereocenters. The first kappa shape index (κ1) is 35.0. The van der Waals surface area contributed by atoms with E-state index in [-0.39, 0.29) is 34.4 Å². The highest BCUT2D eigenvalue weighted by Crippen LogP contribution is 2.65. The van der Waals surface area contributed by atoms with Gasteiger partial charge in [-0.15, -0.1) is 6.58 Å². The van der Waals surface area contributed by atoms with Crippen molar-refractivity contribution in [3.63, 3.8) is 0 Å². The van der Waals surface area contributed by atoms with Gasteiger partial charge >= 0.3 is 0 Å². The number of benzene rings is 1. The maximum Gasteiger partial charge on any atom is 0.161 e. The fourth-order valence-corrected chi connectivity index (χ4v) is 8.48. The molecule has 2 heteroatoms. The van der Waals surface area contributed by atoms with E-state index in [2.05, 4.69) is 99.0 Å². The summed E-state index contributed by atoms with van der Waals surface area (Å²) in [7, 11) is 0. The number of carbonyl (C=O) groups is 2. The lowest BCUT2D eigenvalue weighted by Crippen LogP contribution is -2.29. The highest BCUT2D eigenvalue weighted by Gasteiger charge is 2.60. The van der Waals surface area contributed by atoms with E-state index < -0.39 is 0 Å². The van der Waals surface area contributed by atoms with Crippen LogP contribution in [-0.2, 0) is 22.4 Å². The predicted octanol–water partition coefficient (Wildman–Crippen LogP) is 10.7. The fourth-order valence-electron chi connectivity index (χ4n) is 8.48. The minimum atomic E-state index is -0.199. The van der Waals surface area contributed by atoms with E-state index in [1.807, 2.05) is 6.08 Å². The Morgan fingerprint density at radius 1 is 0.977 bits per heavy atom. The third-order valence-corrected chi connectivity index (χ3v) is 10.5. The Bertz CT molecular complexity index is 1180. The molecule has 0 N–H and O–H groups in total. The van der Waals surface area contributed by atoms with Crippen LogP contribution in [0.5, 0.6) is 0 Å². The van der Waals surface area contributed by atoms with Gasteiger partial charge in [-0.05, 0) is 96.1 Å². The van der Waals surface area contributed by atoms with Crippen molar-refractivity contribution in [3.05, 3.63) is 84.5 Å². The topological polar surface area (TPSA) is 34.1 Å². The molecule has 0 aromatic heterocycles. The van der Waals surface area contributed by atoms with E-state index in [0.29, 0.717) is 48.4 Å². The highest BCUT2D eigenvalue weighted by molar-refractivity contribution is 5.96. The Morgan fingerprint density at radius 3 is 2.07 bits per heavy atom. The van der Waals surface area contributed by atoms with Crippen LogP contribution in [0.15, 0.2) is 73.4 Å². The third kappa shape index (κ3) is 8.80. The van der Waals surface area contributed by atoms with Crippen molar-refractivity contribution in [2.24, 2.45) is 46.3 Å². The summed E-state index contributed by atoms with van der Waals surface area (Å²) in [5, 5.41) is 0. The highest BCUT2D eigenvalue weighted by atomic mass is 16.1. The van der Waals surface area contributed by atoms with Crippen molar-refractivity contribution in [2.45, 2.75) is 113 Å². The van der Waals surface area contributed by atoms with Crippen molar-refractivity contribution in [1.82, 2.24) is 0 Å². The number of carbonyl (C=O) groups excluding carboxylic acids is 2. The molecule has 2 nitrogen and oxygen atoms in total. The molecule has 0 radical (unpaired) electrons. The van der Waals surface area contributed by atoms with Gasteiger partial charge < -0.3 is 0 Å². The first-order valence-electron chi connectivity index (χ1n) is 16.9. The van der Waals surface area contributed by atoms with Gasteiger partial charge in [-0.25, -0.2) is 0 Å². The Hall–Kier alpha value is -2.48. The molecule has 0 saturated heterocycles. The van der Waals surface area contributed by atoms with Gasteiger partial charge in [0.15, 0.2) is 5.78 Å². The van der Waals surface area contributed by atoms with Crippen molar-refractivity contribution in [2.75, 3.05) is 0 Å². The smallest absolute Gasteiger partial charge is 0.161 e. The van der Waals surface area contributed by atoms with E-state index >= 15 is 0 Å². The molecule has 43 heavy (non-hydrogen) atoms. The average molecular weight is 585 g/mol. The fraction of sp³-hybridized carbons (Fsp3) is 0.610. The van der Waals surface area contributed by atoms with Gasteiger partial charge in [-0.3, -0.25) is 9.59 Å². The van der Waals surface area contributed by atoms with Gasteiger partial charge in [0.1, 0.15) is 5.78 Å². The number of fused-ring (bicyclic) bond motifs is 1. The van der Waals surface area contributed by atoms with Crippen LogP contribution in [0.25, 0.3) is 0 Å². The van der Waals surface area contributed by atoms with Gasteiger partial charge in [0, 0.05) is 18.3 Å². The molecule has 2 aliphatic carbocycles. The second-order valence-electron chi connectivity index (χ2n) is 15.7. The van der Waals surface area contributed by atoms with Gasteiger partial charge in [0.05, 0.1) is 0 Å². The summed E-state index contributed by atoms with van der Waals surface area (Å²) in [6.07, 6.45) is 9.90. The first-order valence-corrected chi connectivity index (χ1v) is 16.9. The quantitative estimate of drug-likeness (QED) is 0.127. The zero-order chi connectivity index (χ0) is 32.1. The maximum atomic E-state index is 14.6. The van der Waals surface area contributed by atoms with Gasteiger partial charge in [-0.1, -0.05) is 123 Å². The largest absolute Gasteiger partial charge is 0.299 e. The van der Waals surface area contributed by atoms with E-state index in [4.69, 9.17) is 0 Å². The number of allylic oxidation sites excluding steroid dienone is 4. The molecule has 0 heterocycles. The number of Topliss-reactive ketones (excluding diaryl/α,β-unsaturated/α-hetero) is 2. The molecular formula is C41H60O2. The Kier molecular flexibility index (Phi) is 11.8. The molecule has 0 aliphatic heterocycles. The van der Waals surface area contributed by atoms with E-state index in [1.165, 1.54) is 16.7 Å². The molecule has 1 fully saturated rings. The van der Waals surface area contributed by atoms with Crippen molar-refractivity contribution >= 4 is 11.6 Å². The van der Waals surface area contributed by atoms with Crippen LogP contribution in [0, 0.1) is 46.3 Å². The van der Waals surface area contributed by atoms with Crippen LogP contribution in [0.3, 0.4) is 0 Å². The molecule has 0 bridgehead atoms. The lowest BCUT2D eigenvalue weighted by Gasteiger charge is -2.30. The Labute approximate surface area is 264 Å². The molecule has 236 valence electrons. The van der Waals surface area contributed by atoms with Gasteiger partial charge in [0.25, 0.3) is 0 Å². The van der Waals surface area contributed by atoms with Crippen LogP contribution in [0.4, 0.5) is 0 Å². The molecule has 0 spiro atoms. The standard InChI is InChI=1S/C41H60O2/c1-12-17-28(5)39(43)32(18-13-2)22-29(6)34(38-36(14-3)41(38,10)11)25-37(42)35(21-27(4)26-40(7,8)9)33-23-30-19-15-16-20-31(30)24-33/h13,15-16,19-20,32-36,38H,2,4-6,12,14,17-18,21-26H2,1,3,7-11H3/t32?,34?,35-,36?,38?/m0/s1. The minimum Gasteiger partial charge on any atom is -0.299 e. The normalized spacial score (nSPS) is 21.4. The minimum absolute atomic E-state index is 0.0468. The van der Waals surface area contributed by atoms with E-state index in [1.54, 1.807) is 0 Å². The summed E-state index contributed by atoms with van der Waals surface area (Å²) in [4.78, 5) is 28.0. The molecule has 1 aromatic rings. The van der Waals surface area contributed by atoms with Crippen LogP contribution < -0.4 is 0 Å². The van der Waals surface area contributed by atoms with Crippen LogP contribution in [0.2, 0.25) is 0 Å². The molecule has 3 rings (SSSR count). The molecule has 0 amide bonds. The molecule has 1 aromatic carbocycles. The summed E-state index contributed by atoms with van der Waals surface area (Å²) in [5.74, 6) is 1.60. The first-order chi connectivity index (χ1) is 20.1. The Balaban J connectivity index is 1.89. The zero-order valence-electron chi connectivity index (χ0n) is 28.6. The second kappa shape index (κ2) is 14.5. The number of hydrogen-bond acceptors (Lipinski definition) is 2. The number of rotatable bonds is 18. The summed E-state index contributed by atoms with van der Waals surface area (Å²) in [6, 6.07) is 8.69. The lowest BCUT2D eigenvalue weighted by atomic mass is 9.74. The van der Waals surface area contributed by atoms with Crippen molar-refractivity contribution in [3.8, 4) is 0 Å². The lowest BCUT2D eigenvalue weighted by molar-refractivity contribution is -0.125. The number of ketones is 2. The van der Waals surface area contributed by atoms with Crippen LogP contribution >= 0.6 is 0 Å². The van der Waals surface area contributed by atoms with Crippen LogP contribution in [0.1, 0.15) is 111 Å². The Morgan fingerprint density at radius 2 is 1.58 bits per heavy atom. The summed E-state index contributed by atoms with van der Waals surface area (Å²) >= 11 is 0.